The lowest BCUT2D eigenvalue weighted by Gasteiger charge is -2.58. The fraction of sp³-hybridized carbons (Fsp3) is 0.857. The molecule has 1 amide bonds. The van der Waals surface area contributed by atoms with Gasteiger partial charge in [-0.3, -0.25) is 9.59 Å². The lowest BCUT2D eigenvalue weighted by molar-refractivity contribution is -0.223. The Hall–Kier alpha value is -1.57. The van der Waals surface area contributed by atoms with E-state index < -0.39 is 24.2 Å². The van der Waals surface area contributed by atoms with E-state index in [9.17, 15) is 22.8 Å². The minimum absolute atomic E-state index is 0.0540. The standard InChI is InChI=1S/C28H41F3N2O3/c1-16-21-8-9-23-20-7-6-18-14-19(33(5)25(35)24(28(29,30)31)36-17(2)34)10-12-26(18,3)22(20)11-13-27(21,23)15-32(16)4/h6,16,19-24H,7-15H2,1-5H3/t16-,19-,20+,21+,22-,23-,24?,26-,27-/m0/s1. The summed E-state index contributed by atoms with van der Waals surface area (Å²) in [7, 11) is 3.70. The van der Waals surface area contributed by atoms with Crippen molar-refractivity contribution in [2.24, 2.45) is 34.5 Å². The molecule has 36 heavy (non-hydrogen) atoms. The molecule has 1 saturated heterocycles. The molecule has 5 nitrogen and oxygen atoms in total. The summed E-state index contributed by atoms with van der Waals surface area (Å²) in [6.07, 6.45) is 3.10. The van der Waals surface area contributed by atoms with Crippen LogP contribution in [0.15, 0.2) is 11.6 Å². The smallest absolute Gasteiger partial charge is 0.434 e. The molecule has 5 aliphatic rings. The maximum Gasteiger partial charge on any atom is 0.434 e. The summed E-state index contributed by atoms with van der Waals surface area (Å²) in [4.78, 5) is 27.8. The van der Waals surface area contributed by atoms with Gasteiger partial charge < -0.3 is 14.5 Å². The van der Waals surface area contributed by atoms with Crippen LogP contribution in [0.3, 0.4) is 0 Å². The molecule has 0 aromatic rings. The van der Waals surface area contributed by atoms with E-state index in [0.29, 0.717) is 36.1 Å². The lowest BCUT2D eigenvalue weighted by atomic mass is 9.47. The van der Waals surface area contributed by atoms with Gasteiger partial charge in [-0.25, -0.2) is 0 Å². The third-order valence-corrected chi connectivity index (χ3v) is 11.4. The van der Waals surface area contributed by atoms with Gasteiger partial charge in [0, 0.05) is 32.6 Å². The summed E-state index contributed by atoms with van der Waals surface area (Å²) in [5.74, 6) is 0.576. The maximum absolute atomic E-state index is 13.5. The average Bonchev–Trinajstić information content (AvgIpc) is 3.29. The number of alkyl halides is 3. The molecule has 1 heterocycles. The second-order valence-electron chi connectivity index (χ2n) is 12.7. The topological polar surface area (TPSA) is 49.9 Å². The van der Waals surface area contributed by atoms with Crippen molar-refractivity contribution in [3.63, 3.8) is 0 Å². The number of likely N-dealkylation sites (tertiary alicyclic amines) is 1. The zero-order valence-corrected chi connectivity index (χ0v) is 22.2. The molecule has 4 fully saturated rings. The number of rotatable bonds is 3. The minimum Gasteiger partial charge on any atom is -0.443 e. The Morgan fingerprint density at radius 2 is 1.83 bits per heavy atom. The van der Waals surface area contributed by atoms with Crippen LogP contribution in [0, 0.1) is 34.5 Å². The largest absolute Gasteiger partial charge is 0.443 e. The van der Waals surface area contributed by atoms with Crippen LogP contribution in [0.4, 0.5) is 13.2 Å². The van der Waals surface area contributed by atoms with Crippen molar-refractivity contribution in [3.8, 4) is 0 Å². The van der Waals surface area contributed by atoms with Crippen LogP contribution in [0.1, 0.15) is 72.1 Å². The van der Waals surface area contributed by atoms with Crippen LogP contribution < -0.4 is 0 Å². The highest BCUT2D eigenvalue weighted by atomic mass is 19.4. The number of halogens is 3. The van der Waals surface area contributed by atoms with E-state index in [4.69, 9.17) is 0 Å². The molecule has 8 heteroatoms. The first-order chi connectivity index (χ1) is 16.8. The molecule has 5 rings (SSSR count). The third kappa shape index (κ3) is 3.83. The molecule has 0 aromatic heterocycles. The lowest BCUT2D eigenvalue weighted by Crippen LogP contribution is -2.55. The maximum atomic E-state index is 13.5. The predicted octanol–water partition coefficient (Wildman–Crippen LogP) is 5.20. The highest BCUT2D eigenvalue weighted by molar-refractivity contribution is 5.84. The predicted molar refractivity (Wildman–Crippen MR) is 130 cm³/mol. The summed E-state index contributed by atoms with van der Waals surface area (Å²) >= 11 is 0. The molecule has 0 radical (unpaired) electrons. The van der Waals surface area contributed by atoms with Crippen molar-refractivity contribution in [1.82, 2.24) is 9.80 Å². The van der Waals surface area contributed by atoms with Gasteiger partial charge in [-0.15, -0.1) is 0 Å². The highest BCUT2D eigenvalue weighted by Crippen LogP contribution is 2.68. The van der Waals surface area contributed by atoms with Crippen molar-refractivity contribution in [2.75, 3.05) is 20.6 Å². The molecule has 1 unspecified atom stereocenters. The summed E-state index contributed by atoms with van der Waals surface area (Å²) in [6, 6.07) is 0.344. The second-order valence-corrected chi connectivity index (χ2v) is 12.7. The van der Waals surface area contributed by atoms with Gasteiger partial charge in [-0.2, -0.15) is 13.2 Å². The number of carbonyl (C=O) groups excluding carboxylic acids is 2. The Morgan fingerprint density at radius 1 is 1.14 bits per heavy atom. The fourth-order valence-electron chi connectivity index (χ4n) is 9.56. The summed E-state index contributed by atoms with van der Waals surface area (Å²) in [5, 5.41) is 0. The molecule has 1 spiro atoms. The Balaban J connectivity index is 1.33. The molecule has 3 saturated carbocycles. The van der Waals surface area contributed by atoms with Gasteiger partial charge in [0.1, 0.15) is 0 Å². The molecular weight excluding hydrogens is 469 g/mol. The molecule has 1 aliphatic heterocycles. The van der Waals surface area contributed by atoms with E-state index in [1.807, 2.05) is 0 Å². The average molecular weight is 511 g/mol. The first-order valence-electron chi connectivity index (χ1n) is 13.7. The Bertz CT molecular complexity index is 951. The van der Waals surface area contributed by atoms with Gasteiger partial charge in [0.05, 0.1) is 0 Å². The zero-order chi connectivity index (χ0) is 26.2. The summed E-state index contributed by atoms with van der Waals surface area (Å²) < 4.78 is 44.8. The van der Waals surface area contributed by atoms with Crippen LogP contribution in [0.5, 0.6) is 0 Å². The number of esters is 1. The molecule has 9 atom stereocenters. The molecule has 0 aromatic carbocycles. The number of nitrogens with zero attached hydrogens (tertiary/aromatic N) is 2. The van der Waals surface area contributed by atoms with Gasteiger partial charge in [0.25, 0.3) is 12.0 Å². The third-order valence-electron chi connectivity index (χ3n) is 11.4. The highest BCUT2D eigenvalue weighted by Gasteiger charge is 2.64. The van der Waals surface area contributed by atoms with Gasteiger partial charge in [0.2, 0.25) is 0 Å². The van der Waals surface area contributed by atoms with E-state index in [-0.39, 0.29) is 11.5 Å². The van der Waals surface area contributed by atoms with Gasteiger partial charge in [-0.1, -0.05) is 18.6 Å². The van der Waals surface area contributed by atoms with Crippen LogP contribution in [0.2, 0.25) is 0 Å². The van der Waals surface area contributed by atoms with Gasteiger partial charge >= 0.3 is 12.1 Å². The molecule has 4 aliphatic carbocycles. The number of ether oxygens (including phenoxy) is 1. The van der Waals surface area contributed by atoms with Crippen molar-refractivity contribution in [3.05, 3.63) is 11.6 Å². The Labute approximate surface area is 212 Å². The van der Waals surface area contributed by atoms with E-state index >= 15 is 0 Å². The summed E-state index contributed by atoms with van der Waals surface area (Å²) in [5.41, 5.74) is 1.83. The number of likely N-dealkylation sites (N-methyl/N-ethyl adjacent to an activating group) is 1. The van der Waals surface area contributed by atoms with Crippen molar-refractivity contribution in [2.45, 2.75) is 96.5 Å². The van der Waals surface area contributed by atoms with Crippen LogP contribution in [-0.2, 0) is 14.3 Å². The first kappa shape index (κ1) is 26.1. The number of amides is 1. The number of carbonyl (C=O) groups is 2. The molecule has 0 bridgehead atoms. The van der Waals surface area contributed by atoms with Crippen LogP contribution in [0.25, 0.3) is 0 Å². The SMILES string of the molecule is CC(=O)OC(C(=O)N(C)[C@H]1CC[C@@]2(C)C(=CC[C@H]3[C@@H]4CC[C@@H]5[C@H](C)N(C)C[C@@]54CC[C@@H]32)C1)C(F)(F)F. The van der Waals surface area contributed by atoms with E-state index in [1.165, 1.54) is 49.7 Å². The second kappa shape index (κ2) is 8.74. The van der Waals surface area contributed by atoms with E-state index in [1.54, 1.807) is 0 Å². The summed E-state index contributed by atoms with van der Waals surface area (Å²) in [6.45, 7) is 6.89. The number of hydrogen-bond donors (Lipinski definition) is 0. The molecule has 0 N–H and O–H groups in total. The first-order valence-corrected chi connectivity index (χ1v) is 13.7. The Kier molecular flexibility index (Phi) is 6.32. The Morgan fingerprint density at radius 3 is 2.50 bits per heavy atom. The minimum atomic E-state index is -4.93. The van der Waals surface area contributed by atoms with Crippen molar-refractivity contribution < 1.29 is 27.5 Å². The fourth-order valence-corrected chi connectivity index (χ4v) is 9.56. The van der Waals surface area contributed by atoms with Gasteiger partial charge in [0.15, 0.2) is 0 Å². The van der Waals surface area contributed by atoms with E-state index in [2.05, 4.69) is 36.6 Å². The number of hydrogen-bond acceptors (Lipinski definition) is 4. The zero-order valence-electron chi connectivity index (χ0n) is 22.2. The normalized spacial score (nSPS) is 42.9. The van der Waals surface area contributed by atoms with Gasteiger partial charge in [-0.05, 0) is 99.8 Å². The number of fused-ring (bicyclic) bond motifs is 4. The van der Waals surface area contributed by atoms with Crippen molar-refractivity contribution >= 4 is 11.9 Å². The monoisotopic (exact) mass is 510 g/mol. The van der Waals surface area contributed by atoms with Crippen LogP contribution >= 0.6 is 0 Å². The molecular formula is C28H41F3N2O3. The molecule has 202 valence electrons. The van der Waals surface area contributed by atoms with Crippen LogP contribution in [-0.4, -0.2) is 66.7 Å². The van der Waals surface area contributed by atoms with Crippen molar-refractivity contribution in [1.29, 1.82) is 0 Å². The quantitative estimate of drug-likeness (QED) is 0.387. The number of allylic oxidation sites excluding steroid dienone is 1. The van der Waals surface area contributed by atoms with E-state index in [0.717, 1.165) is 31.6 Å².